The van der Waals surface area contributed by atoms with Crippen LogP contribution in [-0.4, -0.2) is 34.3 Å². The smallest absolute Gasteiger partial charge is 0.261 e. The van der Waals surface area contributed by atoms with Crippen molar-refractivity contribution in [3.63, 3.8) is 0 Å². The van der Waals surface area contributed by atoms with Gasteiger partial charge in [-0.1, -0.05) is 41.3 Å². The summed E-state index contributed by atoms with van der Waals surface area (Å²) in [6.07, 6.45) is 1.97. The zero-order valence-corrected chi connectivity index (χ0v) is 17.7. The van der Waals surface area contributed by atoms with Gasteiger partial charge in [0.05, 0.1) is 11.3 Å². The van der Waals surface area contributed by atoms with Gasteiger partial charge in [-0.05, 0) is 44.4 Å². The van der Waals surface area contributed by atoms with E-state index in [1.165, 1.54) is 28.7 Å². The molecule has 1 N–H and O–H groups in total. The fourth-order valence-electron chi connectivity index (χ4n) is 3.33. The number of carbonyl (C=O) groups is 2. The van der Waals surface area contributed by atoms with Crippen LogP contribution in [-0.2, 0) is 11.2 Å². The molecule has 2 aromatic heterocycles. The largest absolute Gasteiger partial charge is 0.466 e. The number of hydrogen-bond donors (Lipinski definition) is 1. The van der Waals surface area contributed by atoms with Crippen LogP contribution in [0.3, 0.4) is 0 Å². The van der Waals surface area contributed by atoms with Crippen molar-refractivity contribution in [2.45, 2.75) is 31.0 Å². The molecule has 0 aliphatic carbocycles. The van der Waals surface area contributed by atoms with E-state index in [0.29, 0.717) is 26.6 Å². The van der Waals surface area contributed by atoms with Gasteiger partial charge in [-0.3, -0.25) is 14.9 Å². The summed E-state index contributed by atoms with van der Waals surface area (Å²) < 4.78 is 6.02. The van der Waals surface area contributed by atoms with Gasteiger partial charge in [-0.15, -0.1) is 10.2 Å². The molecule has 0 saturated heterocycles. The molecule has 150 valence electrons. The number of fused-ring (bicyclic) bond motifs is 1. The fraction of sp³-hybridized carbons (Fsp3) is 0.300. The highest BCUT2D eigenvalue weighted by molar-refractivity contribution is 8.01. The first-order valence-corrected chi connectivity index (χ1v) is 11.0. The number of para-hydroxylation sites is 1. The molecule has 2 amide bonds. The number of aryl methyl sites for hydroxylation is 3. The molecule has 0 atom stereocenters. The molecule has 9 heteroatoms. The van der Waals surface area contributed by atoms with E-state index in [4.69, 9.17) is 4.42 Å². The monoisotopic (exact) mass is 428 g/mol. The van der Waals surface area contributed by atoms with Crippen LogP contribution in [0.5, 0.6) is 0 Å². The van der Waals surface area contributed by atoms with Gasteiger partial charge in [0.25, 0.3) is 5.91 Å². The van der Waals surface area contributed by atoms with Gasteiger partial charge in [-0.2, -0.15) is 0 Å². The number of amides is 2. The van der Waals surface area contributed by atoms with E-state index in [-0.39, 0.29) is 17.6 Å². The second-order valence-corrected chi connectivity index (χ2v) is 8.92. The Labute approximate surface area is 176 Å². The van der Waals surface area contributed by atoms with Crippen LogP contribution < -0.4 is 10.2 Å². The number of carbonyl (C=O) groups excluding carboxylic acids is 2. The van der Waals surface area contributed by atoms with Crippen LogP contribution in [0, 0.1) is 13.8 Å². The Morgan fingerprint density at radius 3 is 2.90 bits per heavy atom. The standard InChI is InChI=1S/C20H20N4O3S2/c1-12-10-15(13(2)27-12)18(26)21-19-22-23-20(29-19)28-11-17(25)24-9-5-7-14-6-3-4-8-16(14)24/h3-4,6,8,10H,5,7,9,11H2,1-2H3,(H,21,22,26). The van der Waals surface area contributed by atoms with Crippen LogP contribution in [0.1, 0.15) is 33.9 Å². The average Bonchev–Trinajstić information content (AvgIpc) is 3.30. The maximum atomic E-state index is 12.7. The quantitative estimate of drug-likeness (QED) is 0.487. The van der Waals surface area contributed by atoms with Crippen LogP contribution in [0.25, 0.3) is 0 Å². The van der Waals surface area contributed by atoms with Gasteiger partial charge in [-0.25, -0.2) is 0 Å². The minimum absolute atomic E-state index is 0.0485. The van der Waals surface area contributed by atoms with Crippen LogP contribution >= 0.6 is 23.1 Å². The van der Waals surface area contributed by atoms with Gasteiger partial charge < -0.3 is 9.32 Å². The lowest BCUT2D eigenvalue weighted by atomic mass is 10.0. The summed E-state index contributed by atoms with van der Waals surface area (Å²) in [7, 11) is 0. The molecule has 7 nitrogen and oxygen atoms in total. The number of anilines is 2. The van der Waals surface area contributed by atoms with E-state index in [2.05, 4.69) is 21.6 Å². The Morgan fingerprint density at radius 2 is 2.10 bits per heavy atom. The lowest BCUT2D eigenvalue weighted by Crippen LogP contribution is -2.36. The average molecular weight is 429 g/mol. The molecule has 0 saturated carbocycles. The fourth-order valence-corrected chi connectivity index (χ4v) is 4.96. The number of rotatable bonds is 5. The maximum absolute atomic E-state index is 12.7. The first-order valence-electron chi connectivity index (χ1n) is 9.24. The minimum Gasteiger partial charge on any atom is -0.466 e. The van der Waals surface area contributed by atoms with Gasteiger partial charge >= 0.3 is 0 Å². The van der Waals surface area contributed by atoms with E-state index in [1.54, 1.807) is 19.9 Å². The highest BCUT2D eigenvalue weighted by atomic mass is 32.2. The molecule has 1 aliphatic rings. The Hall–Kier alpha value is -2.65. The third-order valence-corrected chi connectivity index (χ3v) is 6.60. The summed E-state index contributed by atoms with van der Waals surface area (Å²) in [6, 6.07) is 9.72. The van der Waals surface area contributed by atoms with Crippen molar-refractivity contribution in [1.29, 1.82) is 0 Å². The zero-order chi connectivity index (χ0) is 20.4. The second-order valence-electron chi connectivity index (χ2n) is 6.72. The Balaban J connectivity index is 1.36. The summed E-state index contributed by atoms with van der Waals surface area (Å²) in [5, 5.41) is 11.2. The zero-order valence-electron chi connectivity index (χ0n) is 16.1. The minimum atomic E-state index is -0.284. The molecular weight excluding hydrogens is 408 g/mol. The number of nitrogens with zero attached hydrogens (tertiary/aromatic N) is 3. The van der Waals surface area contributed by atoms with Crippen LogP contribution in [0.2, 0.25) is 0 Å². The lowest BCUT2D eigenvalue weighted by Gasteiger charge is -2.29. The molecule has 3 heterocycles. The normalized spacial score (nSPS) is 13.2. The highest BCUT2D eigenvalue weighted by Crippen LogP contribution is 2.30. The summed E-state index contributed by atoms with van der Waals surface area (Å²) in [4.78, 5) is 26.9. The number of hydrogen-bond acceptors (Lipinski definition) is 7. The van der Waals surface area contributed by atoms with Crippen molar-refractivity contribution in [2.75, 3.05) is 22.5 Å². The summed E-state index contributed by atoms with van der Waals surface area (Å²) >= 11 is 2.58. The van der Waals surface area contributed by atoms with Crippen molar-refractivity contribution in [1.82, 2.24) is 10.2 Å². The Bertz CT molecular complexity index is 1060. The molecule has 1 aliphatic heterocycles. The predicted octanol–water partition coefficient (Wildman–Crippen LogP) is 4.07. The van der Waals surface area contributed by atoms with Crippen molar-refractivity contribution >= 4 is 45.7 Å². The van der Waals surface area contributed by atoms with Crippen molar-refractivity contribution in [3.05, 3.63) is 53.0 Å². The van der Waals surface area contributed by atoms with Crippen molar-refractivity contribution < 1.29 is 14.0 Å². The number of nitrogens with one attached hydrogen (secondary N) is 1. The van der Waals surface area contributed by atoms with Gasteiger partial charge in [0, 0.05) is 12.2 Å². The molecule has 3 aromatic rings. The van der Waals surface area contributed by atoms with Gasteiger partial charge in [0.2, 0.25) is 11.0 Å². The Kier molecular flexibility index (Phi) is 5.68. The van der Waals surface area contributed by atoms with Crippen LogP contribution in [0.4, 0.5) is 10.8 Å². The van der Waals surface area contributed by atoms with Crippen LogP contribution in [0.15, 0.2) is 39.1 Å². The lowest BCUT2D eigenvalue weighted by molar-refractivity contribution is -0.116. The third-order valence-electron chi connectivity index (χ3n) is 4.64. The van der Waals surface area contributed by atoms with E-state index in [1.807, 2.05) is 23.1 Å². The number of furan rings is 1. The Morgan fingerprint density at radius 1 is 1.28 bits per heavy atom. The summed E-state index contributed by atoms with van der Waals surface area (Å²) in [6.45, 7) is 4.27. The molecule has 29 heavy (non-hydrogen) atoms. The summed E-state index contributed by atoms with van der Waals surface area (Å²) in [5.41, 5.74) is 2.69. The number of benzene rings is 1. The second kappa shape index (κ2) is 8.38. The highest BCUT2D eigenvalue weighted by Gasteiger charge is 2.23. The molecule has 0 bridgehead atoms. The third kappa shape index (κ3) is 4.35. The predicted molar refractivity (Wildman–Crippen MR) is 114 cm³/mol. The molecule has 0 unspecified atom stereocenters. The van der Waals surface area contributed by atoms with E-state index >= 15 is 0 Å². The van der Waals surface area contributed by atoms with Crippen molar-refractivity contribution in [3.8, 4) is 0 Å². The molecule has 0 fully saturated rings. The first kappa shape index (κ1) is 19.7. The van der Waals surface area contributed by atoms with E-state index in [0.717, 1.165) is 25.1 Å². The molecule has 0 spiro atoms. The SMILES string of the molecule is Cc1cc(C(=O)Nc2nnc(SCC(=O)N3CCCc4ccccc43)s2)c(C)o1. The van der Waals surface area contributed by atoms with E-state index in [9.17, 15) is 9.59 Å². The first-order chi connectivity index (χ1) is 14.0. The van der Waals surface area contributed by atoms with Crippen molar-refractivity contribution in [2.24, 2.45) is 0 Å². The van der Waals surface area contributed by atoms with Gasteiger partial charge in [0.1, 0.15) is 11.5 Å². The summed E-state index contributed by atoms with van der Waals surface area (Å²) in [5.74, 6) is 1.28. The van der Waals surface area contributed by atoms with Gasteiger partial charge in [0.15, 0.2) is 4.34 Å². The molecule has 4 rings (SSSR count). The molecule has 0 radical (unpaired) electrons. The van der Waals surface area contributed by atoms with E-state index < -0.39 is 0 Å². The number of aromatic nitrogens is 2. The molecule has 1 aromatic carbocycles. The number of thioether (sulfide) groups is 1. The topological polar surface area (TPSA) is 88.3 Å². The maximum Gasteiger partial charge on any atom is 0.261 e. The molecular formula is C20H20N4O3S2.